The van der Waals surface area contributed by atoms with Gasteiger partial charge in [0.25, 0.3) is 5.56 Å². The summed E-state index contributed by atoms with van der Waals surface area (Å²) >= 11 is 0. The van der Waals surface area contributed by atoms with E-state index in [1.165, 1.54) is 9.13 Å². The van der Waals surface area contributed by atoms with E-state index in [-0.39, 0.29) is 24.5 Å². The van der Waals surface area contributed by atoms with E-state index in [9.17, 15) is 9.59 Å². The molecule has 9 heteroatoms. The Bertz CT molecular complexity index is 1340. The second-order valence-electron chi connectivity index (χ2n) is 7.61. The minimum Gasteiger partial charge on any atom is -0.394 e. The molecule has 0 aliphatic heterocycles. The number of hydrogen-bond acceptors (Lipinski definition) is 5. The highest BCUT2D eigenvalue weighted by molar-refractivity contribution is 5.76. The van der Waals surface area contributed by atoms with Gasteiger partial charge in [-0.2, -0.15) is 4.98 Å². The van der Waals surface area contributed by atoms with Crippen LogP contribution in [0.15, 0.2) is 39.9 Å². The molecule has 0 amide bonds. The lowest BCUT2D eigenvalue weighted by molar-refractivity contribution is 0.0872. The van der Waals surface area contributed by atoms with Crippen LogP contribution in [0.5, 0.6) is 0 Å². The van der Waals surface area contributed by atoms with E-state index in [1.807, 2.05) is 53.1 Å². The minimum atomic E-state index is -0.374. The number of ether oxygens (including phenoxy) is 1. The van der Waals surface area contributed by atoms with E-state index < -0.39 is 0 Å². The first kappa shape index (κ1) is 21.1. The van der Waals surface area contributed by atoms with Gasteiger partial charge in [-0.3, -0.25) is 18.3 Å². The van der Waals surface area contributed by atoms with Crippen LogP contribution in [0.25, 0.3) is 16.9 Å². The number of aliphatic hydroxyl groups is 1. The third kappa shape index (κ3) is 3.60. The second kappa shape index (κ2) is 8.52. The Morgan fingerprint density at radius 2 is 1.74 bits per heavy atom. The second-order valence-corrected chi connectivity index (χ2v) is 7.61. The minimum absolute atomic E-state index is 0.0308. The number of rotatable bonds is 8. The van der Waals surface area contributed by atoms with E-state index in [0.717, 1.165) is 17.0 Å². The molecule has 0 bridgehead atoms. The van der Waals surface area contributed by atoms with Gasteiger partial charge in [0.05, 0.1) is 19.8 Å². The maximum atomic E-state index is 13.4. The molecule has 164 valence electrons. The van der Waals surface area contributed by atoms with Gasteiger partial charge in [-0.15, -0.1) is 0 Å². The summed E-state index contributed by atoms with van der Waals surface area (Å²) in [4.78, 5) is 31.0. The van der Waals surface area contributed by atoms with Gasteiger partial charge in [0, 0.05) is 31.5 Å². The fourth-order valence-electron chi connectivity index (χ4n) is 3.99. The van der Waals surface area contributed by atoms with Crippen LogP contribution in [0.3, 0.4) is 0 Å². The monoisotopic (exact) mass is 425 g/mol. The fraction of sp³-hybridized carbons (Fsp3) is 0.409. The summed E-state index contributed by atoms with van der Waals surface area (Å²) < 4.78 is 11.9. The number of nitrogens with zero attached hydrogens (tertiary/aromatic N) is 5. The lowest BCUT2D eigenvalue weighted by Crippen LogP contribution is -2.39. The lowest BCUT2D eigenvalue weighted by atomic mass is 10.1. The molecule has 4 rings (SSSR count). The van der Waals surface area contributed by atoms with Crippen LogP contribution in [0.2, 0.25) is 0 Å². The molecule has 0 saturated heterocycles. The van der Waals surface area contributed by atoms with Gasteiger partial charge in [-0.1, -0.05) is 30.3 Å². The third-order valence-electron chi connectivity index (χ3n) is 5.79. The first-order chi connectivity index (χ1) is 15.0. The summed E-state index contributed by atoms with van der Waals surface area (Å²) in [5, 5.41) is 8.90. The molecule has 0 radical (unpaired) electrons. The molecule has 1 aromatic carbocycles. The number of benzene rings is 1. The van der Waals surface area contributed by atoms with E-state index in [0.29, 0.717) is 43.1 Å². The van der Waals surface area contributed by atoms with Crippen molar-refractivity contribution in [3.8, 4) is 0 Å². The van der Waals surface area contributed by atoms with Crippen molar-refractivity contribution in [1.82, 2.24) is 23.1 Å². The highest BCUT2D eigenvalue weighted by Gasteiger charge is 2.22. The van der Waals surface area contributed by atoms with Crippen molar-refractivity contribution in [3.63, 3.8) is 0 Å². The Hall–Kier alpha value is -3.17. The Morgan fingerprint density at radius 1 is 1.00 bits per heavy atom. The third-order valence-corrected chi connectivity index (χ3v) is 5.79. The largest absolute Gasteiger partial charge is 0.394 e. The van der Waals surface area contributed by atoms with Crippen LogP contribution >= 0.6 is 0 Å². The van der Waals surface area contributed by atoms with Crippen molar-refractivity contribution < 1.29 is 9.84 Å². The standard InChI is InChI=1S/C22H27N5O4/c1-15-16(2)27-18-19(23-21(27)25(15)11-13-31-14-12-28)24(3)22(30)26(20(18)29)10-9-17-7-5-4-6-8-17/h4-8,28H,9-14H2,1-3H3. The topological polar surface area (TPSA) is 95.7 Å². The quantitative estimate of drug-likeness (QED) is 0.425. The molecule has 0 fully saturated rings. The van der Waals surface area contributed by atoms with Crippen molar-refractivity contribution in [1.29, 1.82) is 0 Å². The molecular formula is C22H27N5O4. The molecule has 0 unspecified atom stereocenters. The summed E-state index contributed by atoms with van der Waals surface area (Å²) in [5.74, 6) is 0.602. The van der Waals surface area contributed by atoms with E-state index in [4.69, 9.17) is 9.84 Å². The van der Waals surface area contributed by atoms with Gasteiger partial charge in [0.2, 0.25) is 5.78 Å². The van der Waals surface area contributed by atoms with Crippen LogP contribution in [0.4, 0.5) is 0 Å². The van der Waals surface area contributed by atoms with Gasteiger partial charge in [0.15, 0.2) is 11.2 Å². The van der Waals surface area contributed by atoms with Crippen LogP contribution in [-0.4, -0.2) is 48.0 Å². The molecule has 4 aromatic rings. The molecular weight excluding hydrogens is 398 g/mol. The predicted octanol–water partition coefficient (Wildman–Crippen LogP) is 1.02. The maximum Gasteiger partial charge on any atom is 0.332 e. The van der Waals surface area contributed by atoms with Crippen LogP contribution in [0, 0.1) is 13.8 Å². The molecule has 0 aliphatic carbocycles. The lowest BCUT2D eigenvalue weighted by Gasteiger charge is -2.09. The number of fused-ring (bicyclic) bond motifs is 3. The van der Waals surface area contributed by atoms with Gasteiger partial charge in [0.1, 0.15) is 0 Å². The Kier molecular flexibility index (Phi) is 5.79. The normalized spacial score (nSPS) is 11.7. The average Bonchev–Trinajstić information content (AvgIpc) is 3.27. The zero-order valence-corrected chi connectivity index (χ0v) is 18.0. The Labute approximate surface area is 178 Å². The number of aliphatic hydroxyl groups excluding tert-OH is 1. The van der Waals surface area contributed by atoms with Crippen LogP contribution in [0.1, 0.15) is 17.0 Å². The smallest absolute Gasteiger partial charge is 0.332 e. The number of aryl methyl sites for hydroxylation is 3. The van der Waals surface area contributed by atoms with Crippen LogP contribution < -0.4 is 11.2 Å². The number of imidazole rings is 2. The highest BCUT2D eigenvalue weighted by atomic mass is 16.5. The molecule has 0 atom stereocenters. The molecule has 0 saturated carbocycles. The first-order valence-corrected chi connectivity index (χ1v) is 10.4. The number of hydrogen-bond donors (Lipinski definition) is 1. The van der Waals surface area contributed by atoms with Crippen molar-refractivity contribution in [2.24, 2.45) is 7.05 Å². The Balaban J connectivity index is 1.83. The van der Waals surface area contributed by atoms with Crippen molar-refractivity contribution in [3.05, 3.63) is 68.1 Å². The van der Waals surface area contributed by atoms with Gasteiger partial charge in [-0.05, 0) is 25.8 Å². The SMILES string of the molecule is Cc1c(C)n2c3c(=O)n(CCc4ccccc4)c(=O)n(C)c3nc2n1CCOCCO. The molecule has 31 heavy (non-hydrogen) atoms. The summed E-state index contributed by atoms with van der Waals surface area (Å²) in [7, 11) is 1.65. The summed E-state index contributed by atoms with van der Waals surface area (Å²) in [6.07, 6.45) is 0.588. The predicted molar refractivity (Wildman–Crippen MR) is 118 cm³/mol. The summed E-state index contributed by atoms with van der Waals surface area (Å²) in [6.45, 7) is 5.39. The van der Waals surface area contributed by atoms with E-state index in [2.05, 4.69) is 4.98 Å². The van der Waals surface area contributed by atoms with E-state index >= 15 is 0 Å². The zero-order chi connectivity index (χ0) is 22.1. The molecule has 3 heterocycles. The van der Waals surface area contributed by atoms with E-state index in [1.54, 1.807) is 7.05 Å². The maximum absolute atomic E-state index is 13.4. The van der Waals surface area contributed by atoms with Crippen molar-refractivity contribution in [2.75, 3.05) is 19.8 Å². The molecule has 1 N–H and O–H groups in total. The van der Waals surface area contributed by atoms with Gasteiger partial charge in [-0.25, -0.2) is 4.79 Å². The summed E-state index contributed by atoms with van der Waals surface area (Å²) in [5.41, 5.74) is 3.00. The zero-order valence-electron chi connectivity index (χ0n) is 18.0. The Morgan fingerprint density at radius 3 is 2.45 bits per heavy atom. The fourth-order valence-corrected chi connectivity index (χ4v) is 3.99. The van der Waals surface area contributed by atoms with Crippen molar-refractivity contribution in [2.45, 2.75) is 33.4 Å². The summed E-state index contributed by atoms with van der Waals surface area (Å²) in [6, 6.07) is 9.79. The molecule has 9 nitrogen and oxygen atoms in total. The molecule has 3 aromatic heterocycles. The van der Waals surface area contributed by atoms with Gasteiger partial charge >= 0.3 is 5.69 Å². The number of aromatic nitrogens is 5. The van der Waals surface area contributed by atoms with Gasteiger partial charge < -0.3 is 14.4 Å². The molecule has 0 spiro atoms. The molecule has 0 aliphatic rings. The van der Waals surface area contributed by atoms with Crippen molar-refractivity contribution >= 4 is 16.9 Å². The first-order valence-electron chi connectivity index (χ1n) is 10.4. The average molecular weight is 425 g/mol. The van der Waals surface area contributed by atoms with Crippen LogP contribution in [-0.2, 0) is 31.3 Å². The highest BCUT2D eigenvalue weighted by Crippen LogP contribution is 2.20.